The van der Waals surface area contributed by atoms with E-state index in [9.17, 15) is 13.2 Å². The number of aliphatic carboxylic acids is 1. The Morgan fingerprint density at radius 2 is 1.76 bits per heavy atom. The first-order chi connectivity index (χ1) is 7.81. The van der Waals surface area contributed by atoms with E-state index in [0.29, 0.717) is 6.54 Å². The highest BCUT2D eigenvalue weighted by atomic mass is 19.4. The molecule has 0 saturated carbocycles. The van der Waals surface area contributed by atoms with Crippen LogP contribution in [0.5, 0.6) is 0 Å². The van der Waals surface area contributed by atoms with Gasteiger partial charge in [-0.15, -0.1) is 0 Å². The molecule has 0 aliphatic rings. The Hall–Kier alpha value is -1.60. The van der Waals surface area contributed by atoms with Gasteiger partial charge < -0.3 is 15.9 Å². The van der Waals surface area contributed by atoms with Crippen LogP contribution in [0.25, 0.3) is 0 Å². The molecule has 17 heavy (non-hydrogen) atoms. The van der Waals surface area contributed by atoms with Gasteiger partial charge in [-0.05, 0) is 11.1 Å². The molecule has 96 valence electrons. The topological polar surface area (TPSA) is 83.5 Å². The number of aliphatic hydroxyl groups excluding tert-OH is 1. The lowest BCUT2D eigenvalue weighted by Crippen LogP contribution is -2.21. The van der Waals surface area contributed by atoms with E-state index in [1.807, 2.05) is 24.3 Å². The van der Waals surface area contributed by atoms with E-state index in [0.717, 1.165) is 11.1 Å². The molecule has 0 aromatic heterocycles. The first-order valence-corrected chi connectivity index (χ1v) is 4.50. The molecule has 0 aliphatic carbocycles. The summed E-state index contributed by atoms with van der Waals surface area (Å²) in [6, 6.07) is 7.62. The monoisotopic (exact) mass is 251 g/mol. The third kappa shape index (κ3) is 6.54. The summed E-state index contributed by atoms with van der Waals surface area (Å²) in [5.41, 5.74) is 7.37. The van der Waals surface area contributed by atoms with E-state index in [-0.39, 0.29) is 6.61 Å². The van der Waals surface area contributed by atoms with Gasteiger partial charge in [-0.1, -0.05) is 24.3 Å². The SMILES string of the molecule is NCc1cccc(CO)c1.O=C(O)C(F)(F)F. The van der Waals surface area contributed by atoms with E-state index < -0.39 is 12.1 Å². The molecule has 0 heterocycles. The molecule has 4 nitrogen and oxygen atoms in total. The Morgan fingerprint density at radius 1 is 1.29 bits per heavy atom. The van der Waals surface area contributed by atoms with Crippen LogP contribution in [-0.2, 0) is 17.9 Å². The predicted octanol–water partition coefficient (Wildman–Crippen LogP) is 1.27. The minimum Gasteiger partial charge on any atom is -0.475 e. The molecule has 0 fully saturated rings. The standard InChI is InChI=1S/C8H11NO.C2HF3O2/c9-5-7-2-1-3-8(4-7)6-10;3-2(4,5)1(6)7/h1-4,10H,5-6,9H2;(H,6,7). The van der Waals surface area contributed by atoms with Crippen LogP contribution >= 0.6 is 0 Å². The zero-order chi connectivity index (χ0) is 13.5. The molecule has 1 rings (SSSR count). The minimum absolute atomic E-state index is 0.0911. The molecule has 0 radical (unpaired) electrons. The van der Waals surface area contributed by atoms with Gasteiger partial charge in [-0.25, -0.2) is 4.79 Å². The quantitative estimate of drug-likeness (QED) is 0.739. The summed E-state index contributed by atoms with van der Waals surface area (Å²) in [5, 5.41) is 15.8. The molecule has 0 spiro atoms. The number of rotatable bonds is 2. The highest BCUT2D eigenvalue weighted by molar-refractivity contribution is 5.73. The summed E-state index contributed by atoms with van der Waals surface area (Å²) in [6.45, 7) is 0.627. The second-order valence-corrected chi connectivity index (χ2v) is 2.99. The molecule has 0 unspecified atom stereocenters. The average molecular weight is 251 g/mol. The maximum absolute atomic E-state index is 10.6. The molecule has 0 amide bonds. The van der Waals surface area contributed by atoms with E-state index >= 15 is 0 Å². The van der Waals surface area contributed by atoms with Gasteiger partial charge in [-0.3, -0.25) is 0 Å². The lowest BCUT2D eigenvalue weighted by molar-refractivity contribution is -0.192. The number of alkyl halides is 3. The maximum atomic E-state index is 10.6. The summed E-state index contributed by atoms with van der Waals surface area (Å²) in [4.78, 5) is 8.90. The van der Waals surface area contributed by atoms with Gasteiger partial charge in [-0.2, -0.15) is 13.2 Å². The molecule has 0 atom stereocenters. The Bertz CT molecular complexity index is 347. The molecule has 7 heteroatoms. The minimum atomic E-state index is -5.08. The summed E-state index contributed by atoms with van der Waals surface area (Å²) < 4.78 is 31.7. The number of nitrogens with two attached hydrogens (primary N) is 1. The van der Waals surface area contributed by atoms with Crippen molar-refractivity contribution in [3.63, 3.8) is 0 Å². The van der Waals surface area contributed by atoms with Gasteiger partial charge in [0.2, 0.25) is 0 Å². The lowest BCUT2D eigenvalue weighted by atomic mass is 10.1. The van der Waals surface area contributed by atoms with Gasteiger partial charge in [0, 0.05) is 6.54 Å². The Balaban J connectivity index is 0.000000325. The molecule has 4 N–H and O–H groups in total. The average Bonchev–Trinajstić information content (AvgIpc) is 2.28. The first kappa shape index (κ1) is 15.4. The van der Waals surface area contributed by atoms with Gasteiger partial charge in [0.05, 0.1) is 6.61 Å². The van der Waals surface area contributed by atoms with Crippen molar-refractivity contribution in [2.75, 3.05) is 0 Å². The first-order valence-electron chi connectivity index (χ1n) is 4.50. The van der Waals surface area contributed by atoms with Crippen molar-refractivity contribution in [2.24, 2.45) is 5.73 Å². The smallest absolute Gasteiger partial charge is 0.475 e. The number of hydrogen-bond acceptors (Lipinski definition) is 3. The zero-order valence-electron chi connectivity index (χ0n) is 8.74. The van der Waals surface area contributed by atoms with Crippen LogP contribution in [0.4, 0.5) is 13.2 Å². The van der Waals surface area contributed by atoms with Crippen molar-refractivity contribution in [2.45, 2.75) is 19.3 Å². The van der Waals surface area contributed by atoms with Crippen molar-refractivity contribution < 1.29 is 28.2 Å². The number of benzene rings is 1. The maximum Gasteiger partial charge on any atom is 0.490 e. The van der Waals surface area contributed by atoms with E-state index in [2.05, 4.69) is 0 Å². The fraction of sp³-hybridized carbons (Fsp3) is 0.300. The van der Waals surface area contributed by atoms with Crippen molar-refractivity contribution in [3.8, 4) is 0 Å². The highest BCUT2D eigenvalue weighted by Gasteiger charge is 2.38. The van der Waals surface area contributed by atoms with Crippen LogP contribution in [0.15, 0.2) is 24.3 Å². The van der Waals surface area contributed by atoms with Crippen LogP contribution in [0, 0.1) is 0 Å². The van der Waals surface area contributed by atoms with Crippen LogP contribution in [0.2, 0.25) is 0 Å². The second-order valence-electron chi connectivity index (χ2n) is 2.99. The van der Waals surface area contributed by atoms with Gasteiger partial charge in [0.1, 0.15) is 0 Å². The summed E-state index contributed by atoms with van der Waals surface area (Å²) in [5.74, 6) is -2.76. The predicted molar refractivity (Wildman–Crippen MR) is 53.9 cm³/mol. The van der Waals surface area contributed by atoms with Gasteiger partial charge >= 0.3 is 12.1 Å². The molecular weight excluding hydrogens is 239 g/mol. The van der Waals surface area contributed by atoms with Gasteiger partial charge in [0.15, 0.2) is 0 Å². The highest BCUT2D eigenvalue weighted by Crippen LogP contribution is 2.13. The summed E-state index contributed by atoms with van der Waals surface area (Å²) >= 11 is 0. The van der Waals surface area contributed by atoms with Crippen molar-refractivity contribution >= 4 is 5.97 Å². The number of aliphatic hydroxyl groups is 1. The number of hydrogen-bond donors (Lipinski definition) is 3. The summed E-state index contributed by atoms with van der Waals surface area (Å²) in [7, 11) is 0. The van der Waals surface area contributed by atoms with E-state index in [4.69, 9.17) is 20.7 Å². The largest absolute Gasteiger partial charge is 0.490 e. The van der Waals surface area contributed by atoms with Crippen LogP contribution in [-0.4, -0.2) is 22.4 Å². The molecular formula is C10H12F3NO3. The molecule has 0 bridgehead atoms. The van der Waals surface area contributed by atoms with Crippen LogP contribution in [0.3, 0.4) is 0 Å². The number of carbonyl (C=O) groups is 1. The third-order valence-electron chi connectivity index (χ3n) is 1.65. The molecule has 1 aromatic rings. The Kier molecular flexibility index (Phi) is 6.22. The van der Waals surface area contributed by atoms with Crippen molar-refractivity contribution in [1.82, 2.24) is 0 Å². The molecule has 1 aromatic carbocycles. The number of halogens is 3. The molecule has 0 aliphatic heterocycles. The fourth-order valence-corrected chi connectivity index (χ4v) is 0.855. The Labute approximate surface area is 95.5 Å². The van der Waals surface area contributed by atoms with Gasteiger partial charge in [0.25, 0.3) is 0 Å². The fourth-order valence-electron chi connectivity index (χ4n) is 0.855. The Morgan fingerprint density at radius 3 is 2.12 bits per heavy atom. The van der Waals surface area contributed by atoms with Crippen LogP contribution in [0.1, 0.15) is 11.1 Å². The number of carboxylic acid groups (broad SMARTS) is 1. The normalized spacial score (nSPS) is 10.4. The van der Waals surface area contributed by atoms with E-state index in [1.54, 1.807) is 0 Å². The van der Waals surface area contributed by atoms with Crippen LogP contribution < -0.4 is 5.73 Å². The number of carboxylic acids is 1. The lowest BCUT2D eigenvalue weighted by Gasteiger charge is -1.98. The molecule has 0 saturated heterocycles. The zero-order valence-corrected chi connectivity index (χ0v) is 8.74. The summed E-state index contributed by atoms with van der Waals surface area (Å²) in [6.07, 6.45) is -5.08. The van der Waals surface area contributed by atoms with E-state index in [1.165, 1.54) is 0 Å². The third-order valence-corrected chi connectivity index (χ3v) is 1.65. The van der Waals surface area contributed by atoms with Crippen molar-refractivity contribution in [3.05, 3.63) is 35.4 Å². The van der Waals surface area contributed by atoms with Crippen molar-refractivity contribution in [1.29, 1.82) is 0 Å². The second kappa shape index (κ2) is 6.87.